The smallest absolute Gasteiger partial charge is 0.317 e. The van der Waals surface area contributed by atoms with E-state index in [1.165, 1.54) is 0 Å². The molecule has 0 aromatic carbocycles. The van der Waals surface area contributed by atoms with E-state index in [0.29, 0.717) is 39.5 Å². The van der Waals surface area contributed by atoms with Crippen LogP contribution in [-0.2, 0) is 34.0 Å². The van der Waals surface area contributed by atoms with E-state index >= 15 is 0 Å². The van der Waals surface area contributed by atoms with Gasteiger partial charge in [0.2, 0.25) is 5.91 Å². The summed E-state index contributed by atoms with van der Waals surface area (Å²) in [7, 11) is 0. The number of rotatable bonds is 4. The van der Waals surface area contributed by atoms with E-state index in [1.54, 1.807) is 0 Å². The molecule has 0 bridgehead atoms. The summed E-state index contributed by atoms with van der Waals surface area (Å²) in [5.41, 5.74) is 1.21. The van der Waals surface area contributed by atoms with Crippen LogP contribution in [0.2, 0.25) is 0 Å². The Morgan fingerprint density at radius 3 is 2.83 bits per heavy atom. The normalized spacial score (nSPS) is 24.7. The van der Waals surface area contributed by atoms with Crippen molar-refractivity contribution in [1.29, 1.82) is 0 Å². The summed E-state index contributed by atoms with van der Waals surface area (Å²) in [5, 5.41) is 14.5. The minimum Gasteiger partial charge on any atom is -0.381 e. The summed E-state index contributed by atoms with van der Waals surface area (Å²) in [4.78, 5) is 26.7. The molecular weight excluding hydrogens is 388 g/mol. The molecule has 3 amide bonds. The lowest BCUT2D eigenvalue weighted by Gasteiger charge is -2.44. The monoisotopic (exact) mass is 420 g/mol. The van der Waals surface area contributed by atoms with Crippen LogP contribution in [0.4, 0.5) is 4.79 Å². The molecule has 10 heteroatoms. The number of nitrogens with zero attached hydrogens (tertiary/aromatic N) is 4. The van der Waals surface area contributed by atoms with Crippen LogP contribution in [0, 0.1) is 5.92 Å². The minimum atomic E-state index is -0.435. The molecule has 30 heavy (non-hydrogen) atoms. The van der Waals surface area contributed by atoms with Gasteiger partial charge in [0.25, 0.3) is 0 Å². The third-order valence-corrected chi connectivity index (χ3v) is 6.13. The Bertz CT molecular complexity index is 775. The average molecular weight is 421 g/mol. The Kier molecular flexibility index (Phi) is 6.24. The molecule has 2 fully saturated rings. The van der Waals surface area contributed by atoms with Gasteiger partial charge < -0.3 is 25.0 Å². The van der Waals surface area contributed by atoms with Gasteiger partial charge in [0.15, 0.2) is 0 Å². The Labute approximate surface area is 176 Å². The summed E-state index contributed by atoms with van der Waals surface area (Å²) < 4.78 is 13.5. The molecule has 4 rings (SSSR count). The summed E-state index contributed by atoms with van der Waals surface area (Å²) in [6, 6.07) is 0.0528. The van der Waals surface area contributed by atoms with Crippen molar-refractivity contribution in [3.05, 3.63) is 11.4 Å². The van der Waals surface area contributed by atoms with Crippen molar-refractivity contribution in [3.63, 3.8) is 0 Å². The molecule has 4 heterocycles. The van der Waals surface area contributed by atoms with Crippen LogP contribution in [0.25, 0.3) is 0 Å². The molecule has 2 N–H and O–H groups in total. The van der Waals surface area contributed by atoms with Crippen molar-refractivity contribution in [2.75, 3.05) is 26.3 Å². The van der Waals surface area contributed by atoms with Gasteiger partial charge >= 0.3 is 6.03 Å². The van der Waals surface area contributed by atoms with Gasteiger partial charge in [-0.05, 0) is 39.5 Å². The van der Waals surface area contributed by atoms with Gasteiger partial charge in [-0.3, -0.25) is 4.79 Å². The van der Waals surface area contributed by atoms with Crippen molar-refractivity contribution < 1.29 is 19.1 Å². The molecule has 1 aromatic rings. The quantitative estimate of drug-likeness (QED) is 0.746. The fourth-order valence-corrected chi connectivity index (χ4v) is 4.46. The zero-order valence-corrected chi connectivity index (χ0v) is 17.9. The van der Waals surface area contributed by atoms with Crippen LogP contribution in [0.3, 0.4) is 0 Å². The number of ether oxygens (including phenoxy) is 2. The molecule has 1 atom stereocenters. The van der Waals surface area contributed by atoms with Crippen molar-refractivity contribution >= 4 is 11.9 Å². The second-order valence-electron chi connectivity index (χ2n) is 8.85. The van der Waals surface area contributed by atoms with E-state index in [4.69, 9.17) is 9.47 Å². The van der Waals surface area contributed by atoms with Gasteiger partial charge in [-0.1, -0.05) is 5.21 Å². The maximum absolute atomic E-state index is 12.4. The first-order valence-corrected chi connectivity index (χ1v) is 10.9. The summed E-state index contributed by atoms with van der Waals surface area (Å²) >= 11 is 0. The number of amides is 3. The van der Waals surface area contributed by atoms with Crippen molar-refractivity contribution in [2.24, 2.45) is 5.92 Å². The van der Waals surface area contributed by atoms with Gasteiger partial charge in [-0.15, -0.1) is 5.10 Å². The van der Waals surface area contributed by atoms with Gasteiger partial charge in [-0.25, -0.2) is 9.48 Å². The first kappa shape index (κ1) is 21.0. The zero-order valence-electron chi connectivity index (χ0n) is 17.9. The van der Waals surface area contributed by atoms with Gasteiger partial charge in [0, 0.05) is 31.7 Å². The molecule has 1 aromatic heterocycles. The predicted molar refractivity (Wildman–Crippen MR) is 107 cm³/mol. The lowest BCUT2D eigenvalue weighted by atomic mass is 9.91. The van der Waals surface area contributed by atoms with Crippen LogP contribution >= 0.6 is 0 Å². The molecule has 0 aliphatic carbocycles. The number of hydrogen-bond acceptors (Lipinski definition) is 6. The summed E-state index contributed by atoms with van der Waals surface area (Å²) in [6.45, 7) is 7.77. The Morgan fingerprint density at radius 2 is 2.07 bits per heavy atom. The lowest BCUT2D eigenvalue weighted by molar-refractivity contribution is -0.128. The van der Waals surface area contributed by atoms with Crippen LogP contribution in [0.1, 0.15) is 50.9 Å². The molecule has 3 aliphatic rings. The van der Waals surface area contributed by atoms with E-state index < -0.39 is 5.60 Å². The zero-order chi connectivity index (χ0) is 21.1. The molecular formula is C20H32N6O4. The Morgan fingerprint density at radius 1 is 1.27 bits per heavy atom. The minimum absolute atomic E-state index is 0.00915. The van der Waals surface area contributed by atoms with Crippen molar-refractivity contribution in [3.8, 4) is 0 Å². The number of fused-ring (bicyclic) bond motifs is 1. The number of urea groups is 1. The van der Waals surface area contributed by atoms with E-state index in [0.717, 1.165) is 43.6 Å². The summed E-state index contributed by atoms with van der Waals surface area (Å²) in [6.07, 6.45) is 3.30. The maximum Gasteiger partial charge on any atom is 0.317 e. The third-order valence-electron chi connectivity index (χ3n) is 6.13. The van der Waals surface area contributed by atoms with Crippen molar-refractivity contribution in [1.82, 2.24) is 30.5 Å². The highest BCUT2D eigenvalue weighted by Crippen LogP contribution is 2.32. The highest BCUT2D eigenvalue weighted by atomic mass is 16.5. The number of piperidine rings is 1. The van der Waals surface area contributed by atoms with Gasteiger partial charge in [-0.2, -0.15) is 0 Å². The first-order valence-electron chi connectivity index (χ1n) is 10.9. The number of aromatic nitrogens is 3. The SMILES string of the molecule is CC(C)NC(=O)N1CCCC2(C1)Cn1nnc(CNC(=O)C3CCOCC3)c1CO2. The molecule has 1 spiro atoms. The van der Waals surface area contributed by atoms with Gasteiger partial charge in [0.1, 0.15) is 11.3 Å². The summed E-state index contributed by atoms with van der Waals surface area (Å²) in [5.74, 6) is 0.0576. The second kappa shape index (κ2) is 8.89. The fourth-order valence-electron chi connectivity index (χ4n) is 4.46. The van der Waals surface area contributed by atoms with Crippen LogP contribution in [0.15, 0.2) is 0 Å². The predicted octanol–water partition coefficient (Wildman–Crippen LogP) is 0.804. The molecule has 0 saturated carbocycles. The molecule has 2 saturated heterocycles. The van der Waals surface area contributed by atoms with E-state index in [2.05, 4.69) is 20.9 Å². The average Bonchev–Trinajstić information content (AvgIpc) is 3.14. The Hall–Kier alpha value is -2.20. The topological polar surface area (TPSA) is 111 Å². The second-order valence-corrected chi connectivity index (χ2v) is 8.85. The van der Waals surface area contributed by atoms with Gasteiger partial charge in [0.05, 0.1) is 31.9 Å². The van der Waals surface area contributed by atoms with E-state index in [-0.39, 0.29) is 23.9 Å². The number of hydrogen-bond donors (Lipinski definition) is 2. The number of nitrogens with one attached hydrogen (secondary N) is 2. The number of likely N-dealkylation sites (tertiary alicyclic amines) is 1. The molecule has 166 valence electrons. The Balaban J connectivity index is 1.36. The van der Waals surface area contributed by atoms with Crippen molar-refractivity contribution in [2.45, 2.75) is 70.9 Å². The van der Waals surface area contributed by atoms with E-state index in [9.17, 15) is 9.59 Å². The molecule has 10 nitrogen and oxygen atoms in total. The largest absolute Gasteiger partial charge is 0.381 e. The molecule has 3 aliphatic heterocycles. The number of carbonyl (C=O) groups excluding carboxylic acids is 2. The van der Waals surface area contributed by atoms with E-state index in [1.807, 2.05) is 23.4 Å². The third kappa shape index (κ3) is 4.59. The molecule has 0 radical (unpaired) electrons. The standard InChI is InChI=1S/C20H32N6O4/c1-14(2)22-19(28)25-7-3-6-20(12-25)13-26-17(11-30-20)16(23-24-26)10-21-18(27)15-4-8-29-9-5-15/h14-15H,3-13H2,1-2H3,(H,21,27)(H,22,28). The maximum atomic E-state index is 12.4. The van der Waals surface area contributed by atoms with Crippen LogP contribution in [-0.4, -0.2) is 69.8 Å². The highest BCUT2D eigenvalue weighted by molar-refractivity contribution is 5.78. The molecule has 1 unspecified atom stereocenters. The fraction of sp³-hybridized carbons (Fsp3) is 0.800. The van der Waals surface area contributed by atoms with Crippen LogP contribution < -0.4 is 10.6 Å². The number of carbonyl (C=O) groups is 2. The van der Waals surface area contributed by atoms with Crippen LogP contribution in [0.5, 0.6) is 0 Å². The highest BCUT2D eigenvalue weighted by Gasteiger charge is 2.42. The lowest BCUT2D eigenvalue weighted by Crippen LogP contribution is -2.57. The first-order chi connectivity index (χ1) is 14.5.